The van der Waals surface area contributed by atoms with Crippen molar-refractivity contribution in [2.45, 2.75) is 38.6 Å². The molecule has 1 aliphatic carbocycles. The van der Waals surface area contributed by atoms with Crippen LogP contribution in [0.1, 0.15) is 55.9 Å². The number of benzene rings is 1. The largest absolute Gasteiger partial charge is 0.340 e. The SMILES string of the molecule is CC(C)C(NC(=O)/C=C/c1ccc(Cl)c(Cl)c1)c1nc(C2CC2)no1. The third kappa shape index (κ3) is 4.61. The molecule has 0 radical (unpaired) electrons. The monoisotopic (exact) mass is 379 g/mol. The lowest BCUT2D eigenvalue weighted by Gasteiger charge is -2.17. The highest BCUT2D eigenvalue weighted by Crippen LogP contribution is 2.38. The van der Waals surface area contributed by atoms with Gasteiger partial charge in [0.25, 0.3) is 0 Å². The van der Waals surface area contributed by atoms with Gasteiger partial charge in [0.15, 0.2) is 5.82 Å². The molecule has 2 aromatic rings. The highest BCUT2D eigenvalue weighted by molar-refractivity contribution is 6.42. The van der Waals surface area contributed by atoms with Crippen LogP contribution in [-0.2, 0) is 4.79 Å². The van der Waals surface area contributed by atoms with E-state index in [1.165, 1.54) is 6.08 Å². The molecular weight excluding hydrogens is 361 g/mol. The highest BCUT2D eigenvalue weighted by Gasteiger charge is 2.31. The number of hydrogen-bond donors (Lipinski definition) is 1. The summed E-state index contributed by atoms with van der Waals surface area (Å²) in [5.74, 6) is 1.48. The second-order valence-corrected chi connectivity index (χ2v) is 7.32. The summed E-state index contributed by atoms with van der Waals surface area (Å²) >= 11 is 11.9. The first kappa shape index (κ1) is 18.0. The quantitative estimate of drug-likeness (QED) is 0.733. The van der Waals surface area contributed by atoms with Gasteiger partial charge in [-0.1, -0.05) is 48.3 Å². The number of carbonyl (C=O) groups is 1. The third-order valence-electron chi connectivity index (χ3n) is 4.00. The minimum atomic E-state index is -0.328. The van der Waals surface area contributed by atoms with Crippen LogP contribution in [0.4, 0.5) is 0 Å². The van der Waals surface area contributed by atoms with Gasteiger partial charge in [-0.3, -0.25) is 4.79 Å². The summed E-state index contributed by atoms with van der Waals surface area (Å²) in [4.78, 5) is 16.7. The molecule has 1 atom stereocenters. The van der Waals surface area contributed by atoms with E-state index in [2.05, 4.69) is 15.5 Å². The molecule has 25 heavy (non-hydrogen) atoms. The molecule has 5 nitrogen and oxygen atoms in total. The van der Waals surface area contributed by atoms with Crippen LogP contribution >= 0.6 is 23.2 Å². The van der Waals surface area contributed by atoms with E-state index in [1.807, 2.05) is 13.8 Å². The fraction of sp³-hybridized carbons (Fsp3) is 0.389. The van der Waals surface area contributed by atoms with E-state index < -0.39 is 0 Å². The maximum Gasteiger partial charge on any atom is 0.249 e. The van der Waals surface area contributed by atoms with Crippen molar-refractivity contribution in [2.75, 3.05) is 0 Å². The summed E-state index contributed by atoms with van der Waals surface area (Å²) in [7, 11) is 0. The normalized spacial score (nSPS) is 15.7. The van der Waals surface area contributed by atoms with E-state index in [-0.39, 0.29) is 17.9 Å². The average Bonchev–Trinajstić information content (AvgIpc) is 3.31. The zero-order valence-corrected chi connectivity index (χ0v) is 15.5. The second kappa shape index (κ2) is 7.58. The summed E-state index contributed by atoms with van der Waals surface area (Å²) < 4.78 is 5.35. The molecule has 1 aromatic carbocycles. The molecule has 1 heterocycles. The molecule has 1 aliphatic rings. The summed E-state index contributed by atoms with van der Waals surface area (Å²) in [6.07, 6.45) is 5.33. The van der Waals surface area contributed by atoms with Crippen molar-refractivity contribution in [3.63, 3.8) is 0 Å². The maximum atomic E-state index is 12.3. The van der Waals surface area contributed by atoms with Gasteiger partial charge in [-0.25, -0.2) is 0 Å². The Bertz CT molecular complexity index is 797. The molecule has 7 heteroatoms. The lowest BCUT2D eigenvalue weighted by molar-refractivity contribution is -0.117. The second-order valence-electron chi connectivity index (χ2n) is 6.50. The average molecular weight is 380 g/mol. The topological polar surface area (TPSA) is 68.0 Å². The number of amides is 1. The number of rotatable bonds is 6. The first-order valence-electron chi connectivity index (χ1n) is 8.21. The Balaban J connectivity index is 1.67. The van der Waals surface area contributed by atoms with Crippen molar-refractivity contribution >= 4 is 35.2 Å². The molecule has 1 amide bonds. The van der Waals surface area contributed by atoms with Crippen LogP contribution in [0.3, 0.4) is 0 Å². The van der Waals surface area contributed by atoms with E-state index in [9.17, 15) is 4.79 Å². The fourth-order valence-electron chi connectivity index (χ4n) is 2.38. The van der Waals surface area contributed by atoms with Crippen molar-refractivity contribution in [2.24, 2.45) is 5.92 Å². The molecule has 1 unspecified atom stereocenters. The van der Waals surface area contributed by atoms with Crippen molar-refractivity contribution in [3.05, 3.63) is 51.6 Å². The van der Waals surface area contributed by atoms with Crippen LogP contribution < -0.4 is 5.32 Å². The predicted molar refractivity (Wildman–Crippen MR) is 97.5 cm³/mol. The lowest BCUT2D eigenvalue weighted by Crippen LogP contribution is -2.30. The van der Waals surface area contributed by atoms with E-state index in [1.54, 1.807) is 24.3 Å². The van der Waals surface area contributed by atoms with Gasteiger partial charge in [0, 0.05) is 12.0 Å². The summed E-state index contributed by atoms with van der Waals surface area (Å²) in [6, 6.07) is 4.85. The predicted octanol–water partition coefficient (Wildman–Crippen LogP) is 4.78. The Hall–Kier alpha value is -1.85. The van der Waals surface area contributed by atoms with E-state index >= 15 is 0 Å². The molecular formula is C18H19Cl2N3O2. The van der Waals surface area contributed by atoms with E-state index in [0.717, 1.165) is 24.2 Å². The Morgan fingerprint density at radius 2 is 2.08 bits per heavy atom. The molecule has 1 aromatic heterocycles. The fourth-order valence-corrected chi connectivity index (χ4v) is 2.69. The molecule has 1 N–H and O–H groups in total. The van der Waals surface area contributed by atoms with Crippen LogP contribution in [0, 0.1) is 5.92 Å². The van der Waals surface area contributed by atoms with Crippen molar-refractivity contribution < 1.29 is 9.32 Å². The molecule has 0 spiro atoms. The summed E-state index contributed by atoms with van der Waals surface area (Å²) in [5, 5.41) is 7.86. The minimum absolute atomic E-state index is 0.120. The van der Waals surface area contributed by atoms with E-state index in [0.29, 0.717) is 21.9 Å². The zero-order chi connectivity index (χ0) is 18.0. The van der Waals surface area contributed by atoms with Crippen molar-refractivity contribution in [3.8, 4) is 0 Å². The van der Waals surface area contributed by atoms with Crippen LogP contribution in [0.2, 0.25) is 10.0 Å². The van der Waals surface area contributed by atoms with Crippen LogP contribution in [-0.4, -0.2) is 16.0 Å². The van der Waals surface area contributed by atoms with Gasteiger partial charge in [-0.05, 0) is 42.5 Å². The summed E-state index contributed by atoms with van der Waals surface area (Å²) in [6.45, 7) is 3.99. The number of halogens is 2. The number of aromatic nitrogens is 2. The first-order valence-corrected chi connectivity index (χ1v) is 8.96. The number of nitrogens with one attached hydrogen (secondary N) is 1. The van der Waals surface area contributed by atoms with Crippen molar-refractivity contribution in [1.29, 1.82) is 0 Å². The van der Waals surface area contributed by atoms with Gasteiger partial charge in [0.2, 0.25) is 11.8 Å². The standard InChI is InChI=1S/C18H19Cl2N3O2/c1-10(2)16(18-22-17(23-25-18)12-5-6-12)21-15(24)8-4-11-3-7-13(19)14(20)9-11/h3-4,7-10,12,16H,5-6H2,1-2H3,(H,21,24)/b8-4+. The van der Waals surface area contributed by atoms with E-state index in [4.69, 9.17) is 27.7 Å². The van der Waals surface area contributed by atoms with Gasteiger partial charge < -0.3 is 9.84 Å². The Labute approximate surface area is 156 Å². The Morgan fingerprint density at radius 1 is 1.32 bits per heavy atom. The van der Waals surface area contributed by atoms with Crippen LogP contribution in [0.15, 0.2) is 28.8 Å². The third-order valence-corrected chi connectivity index (χ3v) is 4.74. The number of nitrogens with zero attached hydrogens (tertiary/aromatic N) is 2. The highest BCUT2D eigenvalue weighted by atomic mass is 35.5. The van der Waals surface area contributed by atoms with Crippen molar-refractivity contribution in [1.82, 2.24) is 15.5 Å². The molecule has 3 rings (SSSR count). The van der Waals surface area contributed by atoms with Gasteiger partial charge in [-0.15, -0.1) is 0 Å². The zero-order valence-electron chi connectivity index (χ0n) is 14.0. The number of carbonyl (C=O) groups excluding carboxylic acids is 1. The molecule has 0 saturated heterocycles. The van der Waals surface area contributed by atoms with Gasteiger partial charge in [-0.2, -0.15) is 4.98 Å². The maximum absolute atomic E-state index is 12.3. The lowest BCUT2D eigenvalue weighted by atomic mass is 10.0. The first-order chi connectivity index (χ1) is 11.9. The van der Waals surface area contributed by atoms with Gasteiger partial charge >= 0.3 is 0 Å². The van der Waals surface area contributed by atoms with Gasteiger partial charge in [0.1, 0.15) is 6.04 Å². The van der Waals surface area contributed by atoms with Gasteiger partial charge in [0.05, 0.1) is 10.0 Å². The Kier molecular flexibility index (Phi) is 5.45. The molecule has 1 fully saturated rings. The minimum Gasteiger partial charge on any atom is -0.340 e. The Morgan fingerprint density at radius 3 is 2.72 bits per heavy atom. The molecule has 1 saturated carbocycles. The molecule has 0 aliphatic heterocycles. The molecule has 132 valence electrons. The summed E-state index contributed by atoms with van der Waals surface area (Å²) in [5.41, 5.74) is 0.791. The molecule has 0 bridgehead atoms. The van der Waals surface area contributed by atoms with Crippen LogP contribution in [0.25, 0.3) is 6.08 Å². The number of hydrogen-bond acceptors (Lipinski definition) is 4. The van der Waals surface area contributed by atoms with Crippen LogP contribution in [0.5, 0.6) is 0 Å². The smallest absolute Gasteiger partial charge is 0.249 e.